The summed E-state index contributed by atoms with van der Waals surface area (Å²) in [7, 11) is 0. The second-order valence-electron chi connectivity index (χ2n) is 5.50. The second kappa shape index (κ2) is 7.49. The molecule has 1 aromatic heterocycles. The van der Waals surface area contributed by atoms with Crippen LogP contribution in [-0.4, -0.2) is 22.0 Å². The Bertz CT molecular complexity index is 970. The van der Waals surface area contributed by atoms with Crippen LogP contribution in [0.1, 0.15) is 17.4 Å². The van der Waals surface area contributed by atoms with E-state index in [1.54, 1.807) is 6.07 Å². The maximum absolute atomic E-state index is 13.7. The zero-order valence-electron chi connectivity index (χ0n) is 13.6. The Kier molecular flexibility index (Phi) is 5.13. The number of amides is 2. The molecule has 0 saturated heterocycles. The monoisotopic (exact) mass is 416 g/mol. The van der Waals surface area contributed by atoms with Gasteiger partial charge in [-0.05, 0) is 36.4 Å². The largest absolute Gasteiger partial charge is 0.324 e. The maximum atomic E-state index is 13.7. The molecule has 0 bridgehead atoms. The van der Waals surface area contributed by atoms with Gasteiger partial charge in [-0.25, -0.2) is 4.39 Å². The fourth-order valence-electron chi connectivity index (χ4n) is 2.29. The third-order valence-corrected chi connectivity index (χ3v) is 4.03. The Hall–Kier alpha value is -3.00. The van der Waals surface area contributed by atoms with Crippen LogP contribution in [0.15, 0.2) is 53.0 Å². The van der Waals surface area contributed by atoms with Crippen molar-refractivity contribution >= 4 is 39.1 Å². The van der Waals surface area contributed by atoms with Crippen LogP contribution in [0.2, 0.25) is 0 Å². The van der Waals surface area contributed by atoms with Gasteiger partial charge in [0, 0.05) is 22.6 Å². The molecule has 8 heteroatoms. The molecule has 0 spiro atoms. The van der Waals surface area contributed by atoms with Gasteiger partial charge in [0.1, 0.15) is 11.5 Å². The van der Waals surface area contributed by atoms with Crippen molar-refractivity contribution in [1.82, 2.24) is 10.2 Å². The van der Waals surface area contributed by atoms with Crippen LogP contribution in [0.4, 0.5) is 15.8 Å². The molecule has 6 nitrogen and oxygen atoms in total. The Morgan fingerprint density at radius 3 is 2.50 bits per heavy atom. The van der Waals surface area contributed by atoms with Crippen molar-refractivity contribution in [2.24, 2.45) is 0 Å². The molecule has 3 N–H and O–H groups in total. The van der Waals surface area contributed by atoms with Gasteiger partial charge in [-0.2, -0.15) is 5.10 Å². The van der Waals surface area contributed by atoms with Gasteiger partial charge in [-0.1, -0.05) is 28.1 Å². The van der Waals surface area contributed by atoms with Crippen molar-refractivity contribution in [3.63, 3.8) is 0 Å². The van der Waals surface area contributed by atoms with Crippen LogP contribution >= 0.6 is 15.9 Å². The summed E-state index contributed by atoms with van der Waals surface area (Å²) >= 11 is 3.36. The van der Waals surface area contributed by atoms with Crippen LogP contribution in [0, 0.1) is 5.82 Å². The number of aromatic nitrogens is 2. The number of nitrogens with zero attached hydrogens (tertiary/aromatic N) is 1. The highest BCUT2D eigenvalue weighted by atomic mass is 79.9. The molecule has 0 aliphatic heterocycles. The number of hydrogen-bond donors (Lipinski definition) is 3. The van der Waals surface area contributed by atoms with Crippen LogP contribution in [0.25, 0.3) is 11.3 Å². The van der Waals surface area contributed by atoms with Crippen molar-refractivity contribution in [2.45, 2.75) is 6.92 Å². The van der Waals surface area contributed by atoms with Gasteiger partial charge < -0.3 is 10.6 Å². The highest BCUT2D eigenvalue weighted by molar-refractivity contribution is 9.10. The highest BCUT2D eigenvalue weighted by Crippen LogP contribution is 2.22. The smallest absolute Gasteiger partial charge is 0.273 e. The molecule has 0 aliphatic carbocycles. The van der Waals surface area contributed by atoms with E-state index in [1.807, 2.05) is 24.3 Å². The molecule has 0 unspecified atom stereocenters. The number of nitrogens with one attached hydrogen (secondary N) is 3. The molecule has 0 saturated carbocycles. The van der Waals surface area contributed by atoms with Gasteiger partial charge >= 0.3 is 0 Å². The molecule has 3 rings (SSSR count). The van der Waals surface area contributed by atoms with Crippen molar-refractivity contribution < 1.29 is 14.0 Å². The van der Waals surface area contributed by atoms with Crippen molar-refractivity contribution in [3.8, 4) is 11.3 Å². The summed E-state index contributed by atoms with van der Waals surface area (Å²) in [4.78, 5) is 23.5. The molecule has 3 aromatic rings. The van der Waals surface area contributed by atoms with Crippen molar-refractivity contribution in [2.75, 3.05) is 10.6 Å². The third-order valence-electron chi connectivity index (χ3n) is 3.50. The van der Waals surface area contributed by atoms with Crippen LogP contribution in [0.3, 0.4) is 0 Å². The number of aromatic amines is 1. The molecular formula is C18H14BrFN4O2. The molecule has 2 aromatic carbocycles. The van der Waals surface area contributed by atoms with Gasteiger partial charge in [0.05, 0.1) is 11.4 Å². The number of hydrogen-bond acceptors (Lipinski definition) is 3. The van der Waals surface area contributed by atoms with E-state index in [0.29, 0.717) is 11.4 Å². The molecule has 0 radical (unpaired) electrons. The van der Waals surface area contributed by atoms with E-state index in [0.717, 1.165) is 10.0 Å². The Morgan fingerprint density at radius 1 is 1.08 bits per heavy atom. The molecule has 2 amide bonds. The fraction of sp³-hybridized carbons (Fsp3) is 0.0556. The lowest BCUT2D eigenvalue weighted by Gasteiger charge is -2.08. The fourth-order valence-corrected chi connectivity index (χ4v) is 2.56. The number of halogens is 2. The van der Waals surface area contributed by atoms with Crippen LogP contribution in [0.5, 0.6) is 0 Å². The summed E-state index contributed by atoms with van der Waals surface area (Å²) in [6, 6.07) is 13.1. The number of anilines is 2. The lowest BCUT2D eigenvalue weighted by Crippen LogP contribution is -2.13. The van der Waals surface area contributed by atoms with Gasteiger partial charge in [-0.3, -0.25) is 14.7 Å². The Balaban J connectivity index is 1.76. The Morgan fingerprint density at radius 2 is 1.81 bits per heavy atom. The third kappa shape index (κ3) is 4.15. The van der Waals surface area contributed by atoms with Gasteiger partial charge in [0.25, 0.3) is 5.91 Å². The van der Waals surface area contributed by atoms with Crippen molar-refractivity contribution in [1.29, 1.82) is 0 Å². The first kappa shape index (κ1) is 17.8. The molecule has 0 aliphatic rings. The highest BCUT2D eigenvalue weighted by Gasteiger charge is 2.13. The normalized spacial score (nSPS) is 10.4. The molecule has 132 valence electrons. The van der Waals surface area contributed by atoms with E-state index in [2.05, 4.69) is 36.8 Å². The van der Waals surface area contributed by atoms with Gasteiger partial charge in [0.15, 0.2) is 0 Å². The molecule has 0 fully saturated rings. The number of carbonyl (C=O) groups excluding carboxylic acids is 2. The first-order valence-corrected chi connectivity index (χ1v) is 8.41. The van der Waals surface area contributed by atoms with E-state index in [1.165, 1.54) is 25.1 Å². The van der Waals surface area contributed by atoms with Crippen LogP contribution in [-0.2, 0) is 4.79 Å². The van der Waals surface area contributed by atoms with Crippen molar-refractivity contribution in [3.05, 3.63) is 64.5 Å². The molecule has 26 heavy (non-hydrogen) atoms. The number of rotatable bonds is 4. The van der Waals surface area contributed by atoms with E-state index in [4.69, 9.17) is 0 Å². The summed E-state index contributed by atoms with van der Waals surface area (Å²) in [5.41, 5.74) is 2.09. The van der Waals surface area contributed by atoms with E-state index in [9.17, 15) is 14.0 Å². The molecule has 1 heterocycles. The first-order chi connectivity index (χ1) is 12.4. The average molecular weight is 417 g/mol. The lowest BCUT2D eigenvalue weighted by molar-refractivity contribution is -0.114. The SMILES string of the molecule is CC(=O)Nc1cc(NC(=O)c2cc(-c3ccc(Br)cc3)n[nH]2)ccc1F. The summed E-state index contributed by atoms with van der Waals surface area (Å²) < 4.78 is 14.6. The van der Waals surface area contributed by atoms with E-state index < -0.39 is 17.6 Å². The summed E-state index contributed by atoms with van der Waals surface area (Å²) in [5.74, 6) is -1.42. The molecule has 0 atom stereocenters. The Labute approximate surface area is 156 Å². The quantitative estimate of drug-likeness (QED) is 0.595. The molecular weight excluding hydrogens is 403 g/mol. The summed E-state index contributed by atoms with van der Waals surface area (Å²) in [6.07, 6.45) is 0. The minimum absolute atomic E-state index is 0.00420. The first-order valence-electron chi connectivity index (χ1n) is 7.62. The second-order valence-corrected chi connectivity index (χ2v) is 6.42. The summed E-state index contributed by atoms with van der Waals surface area (Å²) in [6.45, 7) is 1.28. The average Bonchev–Trinajstić information content (AvgIpc) is 3.08. The van der Waals surface area contributed by atoms with Crippen LogP contribution < -0.4 is 10.6 Å². The number of H-pyrrole nitrogens is 1. The zero-order valence-corrected chi connectivity index (χ0v) is 15.2. The standard InChI is InChI=1S/C18H14BrFN4O2/c1-10(25)21-16-8-13(6-7-14(16)20)22-18(26)17-9-15(23-24-17)11-2-4-12(19)5-3-11/h2-9H,1H3,(H,21,25)(H,22,26)(H,23,24). The summed E-state index contributed by atoms with van der Waals surface area (Å²) in [5, 5.41) is 11.8. The topological polar surface area (TPSA) is 86.9 Å². The van der Waals surface area contributed by atoms with E-state index in [-0.39, 0.29) is 11.4 Å². The minimum Gasteiger partial charge on any atom is -0.324 e. The number of benzene rings is 2. The maximum Gasteiger partial charge on any atom is 0.273 e. The predicted octanol–water partition coefficient (Wildman–Crippen LogP) is 4.19. The minimum atomic E-state index is -0.586. The predicted molar refractivity (Wildman–Crippen MR) is 100 cm³/mol. The van der Waals surface area contributed by atoms with Gasteiger partial charge in [0.2, 0.25) is 5.91 Å². The van der Waals surface area contributed by atoms with Gasteiger partial charge in [-0.15, -0.1) is 0 Å². The lowest BCUT2D eigenvalue weighted by atomic mass is 10.1. The zero-order chi connectivity index (χ0) is 18.7. The number of carbonyl (C=O) groups is 2. The van der Waals surface area contributed by atoms with E-state index >= 15 is 0 Å².